The van der Waals surface area contributed by atoms with Crippen molar-refractivity contribution in [2.24, 2.45) is 0 Å². The molecule has 114 valence electrons. The second-order valence-corrected chi connectivity index (χ2v) is 5.75. The fourth-order valence-electron chi connectivity index (χ4n) is 3.07. The summed E-state index contributed by atoms with van der Waals surface area (Å²) in [5.74, 6) is -0.345. The Labute approximate surface area is 124 Å². The van der Waals surface area contributed by atoms with E-state index in [4.69, 9.17) is 19.9 Å². The first-order valence-corrected chi connectivity index (χ1v) is 7.46. The van der Waals surface area contributed by atoms with Crippen molar-refractivity contribution in [2.75, 3.05) is 25.6 Å². The molecule has 21 heavy (non-hydrogen) atoms. The molecular formula is C16H21NO4. The highest BCUT2D eigenvalue weighted by molar-refractivity contribution is 5.95. The van der Waals surface area contributed by atoms with Gasteiger partial charge in [-0.25, -0.2) is 4.79 Å². The second-order valence-electron chi connectivity index (χ2n) is 5.75. The Morgan fingerprint density at radius 2 is 2.00 bits per heavy atom. The van der Waals surface area contributed by atoms with Crippen LogP contribution in [0.1, 0.15) is 36.0 Å². The van der Waals surface area contributed by atoms with Gasteiger partial charge in [0, 0.05) is 31.7 Å². The predicted octanol–water partition coefficient (Wildman–Crippen LogP) is 2.15. The molecule has 2 heterocycles. The first kappa shape index (κ1) is 14.4. The van der Waals surface area contributed by atoms with Crippen molar-refractivity contribution in [3.05, 3.63) is 29.8 Å². The number of para-hydroxylation sites is 1. The first-order valence-electron chi connectivity index (χ1n) is 7.46. The lowest BCUT2D eigenvalue weighted by molar-refractivity contribution is -0.160. The number of benzene rings is 1. The van der Waals surface area contributed by atoms with Gasteiger partial charge in [0.25, 0.3) is 0 Å². The number of rotatable bonds is 2. The normalized spacial score (nSPS) is 24.7. The molecule has 1 aromatic rings. The molecule has 2 aliphatic heterocycles. The van der Waals surface area contributed by atoms with Gasteiger partial charge in [0.1, 0.15) is 6.10 Å². The molecule has 0 bridgehead atoms. The van der Waals surface area contributed by atoms with E-state index in [1.807, 2.05) is 0 Å². The summed E-state index contributed by atoms with van der Waals surface area (Å²) in [5.41, 5.74) is 6.53. The minimum absolute atomic E-state index is 0.107. The van der Waals surface area contributed by atoms with Gasteiger partial charge in [-0.1, -0.05) is 12.1 Å². The Hall–Kier alpha value is -1.59. The Morgan fingerprint density at radius 3 is 2.76 bits per heavy atom. The Balaban J connectivity index is 1.65. The fraction of sp³-hybridized carbons (Fsp3) is 0.562. The lowest BCUT2D eigenvalue weighted by Gasteiger charge is -2.42. The summed E-state index contributed by atoms with van der Waals surface area (Å²) < 4.78 is 17.0. The standard InChI is InChI=1S/C16H21NO4/c17-14-4-2-1-3-13(14)15(18)21-12-5-8-20-16(11-12)6-9-19-10-7-16/h1-4,12H,5-11,17H2. The molecule has 0 aromatic heterocycles. The Bertz CT molecular complexity index is 505. The van der Waals surface area contributed by atoms with Crippen LogP contribution in [-0.4, -0.2) is 37.5 Å². The monoisotopic (exact) mass is 291 g/mol. The maximum Gasteiger partial charge on any atom is 0.340 e. The summed E-state index contributed by atoms with van der Waals surface area (Å²) in [7, 11) is 0. The van der Waals surface area contributed by atoms with E-state index in [0.29, 0.717) is 31.1 Å². The fourth-order valence-corrected chi connectivity index (χ4v) is 3.07. The summed E-state index contributed by atoms with van der Waals surface area (Å²) in [4.78, 5) is 12.2. The summed E-state index contributed by atoms with van der Waals surface area (Å²) >= 11 is 0. The molecule has 1 aromatic carbocycles. The molecule has 0 amide bonds. The Kier molecular flexibility index (Phi) is 4.12. The van der Waals surface area contributed by atoms with Crippen molar-refractivity contribution in [3.63, 3.8) is 0 Å². The SMILES string of the molecule is Nc1ccccc1C(=O)OC1CCOC2(CCOCC2)C1. The number of carbonyl (C=O) groups excluding carboxylic acids is 1. The average Bonchev–Trinajstić information content (AvgIpc) is 2.48. The summed E-state index contributed by atoms with van der Waals surface area (Å²) in [5, 5.41) is 0. The van der Waals surface area contributed by atoms with Crippen molar-refractivity contribution < 1.29 is 19.0 Å². The van der Waals surface area contributed by atoms with E-state index < -0.39 is 0 Å². The van der Waals surface area contributed by atoms with Crippen LogP contribution in [0.5, 0.6) is 0 Å². The van der Waals surface area contributed by atoms with Gasteiger partial charge >= 0.3 is 5.97 Å². The van der Waals surface area contributed by atoms with Crippen molar-refractivity contribution >= 4 is 11.7 Å². The smallest absolute Gasteiger partial charge is 0.340 e. The van der Waals surface area contributed by atoms with Gasteiger partial charge in [-0.2, -0.15) is 0 Å². The molecular weight excluding hydrogens is 270 g/mol. The van der Waals surface area contributed by atoms with Crippen molar-refractivity contribution in [1.29, 1.82) is 0 Å². The van der Waals surface area contributed by atoms with E-state index in [0.717, 1.165) is 25.7 Å². The molecule has 1 atom stereocenters. The molecule has 0 aliphatic carbocycles. The van der Waals surface area contributed by atoms with Gasteiger partial charge in [-0.15, -0.1) is 0 Å². The lowest BCUT2D eigenvalue weighted by atomic mass is 9.85. The van der Waals surface area contributed by atoms with Crippen LogP contribution in [0.3, 0.4) is 0 Å². The van der Waals surface area contributed by atoms with Gasteiger partial charge < -0.3 is 19.9 Å². The third-order valence-corrected chi connectivity index (χ3v) is 4.31. The van der Waals surface area contributed by atoms with Gasteiger partial charge in [-0.3, -0.25) is 0 Å². The number of hydrogen-bond donors (Lipinski definition) is 1. The molecule has 0 saturated carbocycles. The average molecular weight is 291 g/mol. The third kappa shape index (κ3) is 3.19. The topological polar surface area (TPSA) is 70.8 Å². The predicted molar refractivity (Wildman–Crippen MR) is 78.0 cm³/mol. The molecule has 0 radical (unpaired) electrons. The summed E-state index contributed by atoms with van der Waals surface area (Å²) in [6.45, 7) is 2.06. The van der Waals surface area contributed by atoms with E-state index in [1.54, 1.807) is 24.3 Å². The minimum atomic E-state index is -0.345. The van der Waals surface area contributed by atoms with Crippen LogP contribution < -0.4 is 5.73 Å². The zero-order valence-corrected chi connectivity index (χ0v) is 12.0. The number of esters is 1. The maximum absolute atomic E-state index is 12.2. The highest BCUT2D eigenvalue weighted by atomic mass is 16.6. The van der Waals surface area contributed by atoms with E-state index in [-0.39, 0.29) is 17.7 Å². The molecule has 2 N–H and O–H groups in total. The van der Waals surface area contributed by atoms with Crippen LogP contribution in [0.2, 0.25) is 0 Å². The first-order chi connectivity index (χ1) is 10.2. The second kappa shape index (κ2) is 6.03. The number of ether oxygens (including phenoxy) is 3. The number of carbonyl (C=O) groups is 1. The summed E-state index contributed by atoms with van der Waals surface area (Å²) in [6.07, 6.45) is 3.11. The van der Waals surface area contributed by atoms with Gasteiger partial charge in [0.15, 0.2) is 0 Å². The van der Waals surface area contributed by atoms with Crippen LogP contribution in [-0.2, 0) is 14.2 Å². The minimum Gasteiger partial charge on any atom is -0.459 e. The number of hydrogen-bond acceptors (Lipinski definition) is 5. The molecule has 2 saturated heterocycles. The van der Waals surface area contributed by atoms with E-state index >= 15 is 0 Å². The van der Waals surface area contributed by atoms with E-state index in [9.17, 15) is 4.79 Å². The highest BCUT2D eigenvalue weighted by Crippen LogP contribution is 2.35. The summed E-state index contributed by atoms with van der Waals surface area (Å²) in [6, 6.07) is 7.00. The molecule has 3 rings (SSSR count). The number of anilines is 1. The molecule has 1 spiro atoms. The molecule has 2 aliphatic rings. The number of nitrogen functional groups attached to an aromatic ring is 1. The Morgan fingerprint density at radius 1 is 1.24 bits per heavy atom. The zero-order chi connectivity index (χ0) is 14.7. The van der Waals surface area contributed by atoms with Gasteiger partial charge in [0.05, 0.1) is 17.8 Å². The van der Waals surface area contributed by atoms with Crippen LogP contribution in [0.25, 0.3) is 0 Å². The quantitative estimate of drug-likeness (QED) is 0.668. The highest BCUT2D eigenvalue weighted by Gasteiger charge is 2.40. The lowest BCUT2D eigenvalue weighted by Crippen LogP contribution is -2.47. The van der Waals surface area contributed by atoms with Crippen molar-refractivity contribution in [2.45, 2.75) is 37.4 Å². The van der Waals surface area contributed by atoms with Gasteiger partial charge in [0.2, 0.25) is 0 Å². The van der Waals surface area contributed by atoms with Gasteiger partial charge in [-0.05, 0) is 25.0 Å². The molecule has 1 unspecified atom stereocenters. The van der Waals surface area contributed by atoms with Crippen LogP contribution in [0, 0.1) is 0 Å². The van der Waals surface area contributed by atoms with Crippen molar-refractivity contribution in [1.82, 2.24) is 0 Å². The van der Waals surface area contributed by atoms with Crippen LogP contribution >= 0.6 is 0 Å². The van der Waals surface area contributed by atoms with Crippen molar-refractivity contribution in [3.8, 4) is 0 Å². The van der Waals surface area contributed by atoms with E-state index in [1.165, 1.54) is 0 Å². The largest absolute Gasteiger partial charge is 0.459 e. The maximum atomic E-state index is 12.2. The molecule has 5 nitrogen and oxygen atoms in total. The van der Waals surface area contributed by atoms with Crippen LogP contribution in [0.4, 0.5) is 5.69 Å². The number of nitrogens with two attached hydrogens (primary N) is 1. The third-order valence-electron chi connectivity index (χ3n) is 4.31. The molecule has 5 heteroatoms. The van der Waals surface area contributed by atoms with Crippen LogP contribution in [0.15, 0.2) is 24.3 Å². The molecule has 2 fully saturated rings. The zero-order valence-electron chi connectivity index (χ0n) is 12.0. The van der Waals surface area contributed by atoms with E-state index in [2.05, 4.69) is 0 Å².